The molecule has 0 fully saturated rings. The van der Waals surface area contributed by atoms with Crippen LogP contribution >= 0.6 is 0 Å². The van der Waals surface area contributed by atoms with E-state index in [0.717, 1.165) is 29.8 Å². The third-order valence-corrected chi connectivity index (χ3v) is 3.46. The van der Waals surface area contributed by atoms with E-state index in [4.69, 9.17) is 4.74 Å². The Labute approximate surface area is 126 Å². The first-order chi connectivity index (χ1) is 10.1. The Bertz CT molecular complexity index is 598. The standard InChI is InChI=1S/C18H22FNO/c1-4-11-20-14(3)16-7-5-6-8-17(16)21-18-12-15(19)10-9-13(18)2/h5-10,12,14,20H,4,11H2,1-3H3. The summed E-state index contributed by atoms with van der Waals surface area (Å²) < 4.78 is 19.3. The third kappa shape index (κ3) is 4.05. The molecule has 1 N–H and O–H groups in total. The van der Waals surface area contributed by atoms with Crippen LogP contribution in [0.4, 0.5) is 4.39 Å². The average Bonchev–Trinajstić information content (AvgIpc) is 2.49. The van der Waals surface area contributed by atoms with Crippen LogP contribution in [0.1, 0.15) is 37.4 Å². The summed E-state index contributed by atoms with van der Waals surface area (Å²) in [6, 6.07) is 12.7. The molecule has 2 rings (SSSR count). The molecule has 0 aliphatic carbocycles. The van der Waals surface area contributed by atoms with Gasteiger partial charge in [-0.3, -0.25) is 0 Å². The normalized spacial score (nSPS) is 12.2. The lowest BCUT2D eigenvalue weighted by atomic mass is 10.1. The van der Waals surface area contributed by atoms with E-state index in [-0.39, 0.29) is 11.9 Å². The number of nitrogens with one attached hydrogen (secondary N) is 1. The van der Waals surface area contributed by atoms with Crippen LogP contribution in [0.5, 0.6) is 11.5 Å². The second-order valence-corrected chi connectivity index (χ2v) is 5.23. The molecule has 2 aromatic rings. The number of ether oxygens (including phenoxy) is 1. The van der Waals surface area contributed by atoms with E-state index in [1.165, 1.54) is 12.1 Å². The summed E-state index contributed by atoms with van der Waals surface area (Å²) in [6.07, 6.45) is 1.08. The zero-order valence-electron chi connectivity index (χ0n) is 12.8. The number of aryl methyl sites for hydroxylation is 1. The second-order valence-electron chi connectivity index (χ2n) is 5.23. The lowest BCUT2D eigenvalue weighted by Crippen LogP contribution is -2.19. The molecule has 2 aromatic carbocycles. The molecule has 112 valence electrons. The minimum atomic E-state index is -0.287. The van der Waals surface area contributed by atoms with Gasteiger partial charge in [0, 0.05) is 17.7 Å². The van der Waals surface area contributed by atoms with E-state index < -0.39 is 0 Å². The van der Waals surface area contributed by atoms with Crippen molar-refractivity contribution in [3.63, 3.8) is 0 Å². The van der Waals surface area contributed by atoms with Gasteiger partial charge >= 0.3 is 0 Å². The summed E-state index contributed by atoms with van der Waals surface area (Å²) in [7, 11) is 0. The highest BCUT2D eigenvalue weighted by atomic mass is 19.1. The minimum Gasteiger partial charge on any atom is -0.457 e. The Morgan fingerprint density at radius 2 is 1.90 bits per heavy atom. The predicted octanol–water partition coefficient (Wildman–Crippen LogP) is 4.99. The van der Waals surface area contributed by atoms with E-state index in [9.17, 15) is 4.39 Å². The molecular weight excluding hydrogens is 265 g/mol. The third-order valence-electron chi connectivity index (χ3n) is 3.46. The Hall–Kier alpha value is -1.87. The molecule has 1 unspecified atom stereocenters. The number of para-hydroxylation sites is 1. The zero-order valence-corrected chi connectivity index (χ0v) is 12.8. The van der Waals surface area contributed by atoms with Crippen molar-refractivity contribution in [3.05, 3.63) is 59.4 Å². The van der Waals surface area contributed by atoms with Crippen molar-refractivity contribution in [1.29, 1.82) is 0 Å². The molecule has 21 heavy (non-hydrogen) atoms. The minimum absolute atomic E-state index is 0.190. The highest BCUT2D eigenvalue weighted by Crippen LogP contribution is 2.31. The van der Waals surface area contributed by atoms with Gasteiger partial charge in [-0.05, 0) is 44.5 Å². The molecule has 0 saturated heterocycles. The number of rotatable bonds is 6. The van der Waals surface area contributed by atoms with Crippen LogP contribution in [-0.4, -0.2) is 6.54 Å². The molecule has 0 amide bonds. The quantitative estimate of drug-likeness (QED) is 0.808. The Morgan fingerprint density at radius 1 is 1.14 bits per heavy atom. The fraction of sp³-hybridized carbons (Fsp3) is 0.333. The largest absolute Gasteiger partial charge is 0.457 e. The van der Waals surface area contributed by atoms with Gasteiger partial charge in [-0.2, -0.15) is 0 Å². The summed E-state index contributed by atoms with van der Waals surface area (Å²) in [5.41, 5.74) is 2.00. The van der Waals surface area contributed by atoms with Crippen LogP contribution in [0.2, 0.25) is 0 Å². The molecule has 0 bridgehead atoms. The van der Waals surface area contributed by atoms with Crippen LogP contribution in [0.25, 0.3) is 0 Å². The van der Waals surface area contributed by atoms with Gasteiger partial charge in [0.2, 0.25) is 0 Å². The first-order valence-electron chi connectivity index (χ1n) is 7.38. The van der Waals surface area contributed by atoms with Gasteiger partial charge in [-0.15, -0.1) is 0 Å². The number of hydrogen-bond acceptors (Lipinski definition) is 2. The van der Waals surface area contributed by atoms with Crippen molar-refractivity contribution in [2.75, 3.05) is 6.54 Å². The molecular formula is C18H22FNO. The van der Waals surface area contributed by atoms with Crippen molar-refractivity contribution < 1.29 is 9.13 Å². The van der Waals surface area contributed by atoms with Gasteiger partial charge in [0.15, 0.2) is 0 Å². The Balaban J connectivity index is 2.25. The van der Waals surface area contributed by atoms with Crippen molar-refractivity contribution in [2.24, 2.45) is 0 Å². The molecule has 0 spiro atoms. The van der Waals surface area contributed by atoms with Crippen molar-refractivity contribution >= 4 is 0 Å². The SMILES string of the molecule is CCCNC(C)c1ccccc1Oc1cc(F)ccc1C. The first-order valence-corrected chi connectivity index (χ1v) is 7.38. The monoisotopic (exact) mass is 287 g/mol. The van der Waals surface area contributed by atoms with Gasteiger partial charge in [-0.1, -0.05) is 31.2 Å². The summed E-state index contributed by atoms with van der Waals surface area (Å²) in [5, 5.41) is 3.45. The van der Waals surface area contributed by atoms with Crippen molar-refractivity contribution in [2.45, 2.75) is 33.2 Å². The highest BCUT2D eigenvalue weighted by Gasteiger charge is 2.12. The van der Waals surface area contributed by atoms with Crippen LogP contribution in [0, 0.1) is 12.7 Å². The van der Waals surface area contributed by atoms with Gasteiger partial charge in [0.1, 0.15) is 17.3 Å². The van der Waals surface area contributed by atoms with Crippen LogP contribution in [0.15, 0.2) is 42.5 Å². The smallest absolute Gasteiger partial charge is 0.133 e. The summed E-state index contributed by atoms with van der Waals surface area (Å²) in [5.74, 6) is 1.04. The van der Waals surface area contributed by atoms with Crippen LogP contribution < -0.4 is 10.1 Å². The second kappa shape index (κ2) is 7.23. The predicted molar refractivity (Wildman–Crippen MR) is 84.4 cm³/mol. The van der Waals surface area contributed by atoms with Crippen molar-refractivity contribution in [3.8, 4) is 11.5 Å². The molecule has 0 aliphatic heterocycles. The fourth-order valence-electron chi connectivity index (χ4n) is 2.20. The maximum absolute atomic E-state index is 13.4. The molecule has 1 atom stereocenters. The highest BCUT2D eigenvalue weighted by molar-refractivity contribution is 5.42. The fourth-order valence-corrected chi connectivity index (χ4v) is 2.20. The van der Waals surface area contributed by atoms with Gasteiger partial charge < -0.3 is 10.1 Å². The molecule has 0 saturated carbocycles. The maximum Gasteiger partial charge on any atom is 0.133 e. The first kappa shape index (κ1) is 15.5. The summed E-state index contributed by atoms with van der Waals surface area (Å²) in [4.78, 5) is 0. The molecule has 0 radical (unpaired) electrons. The number of halogens is 1. The van der Waals surface area contributed by atoms with E-state index in [1.807, 2.05) is 31.2 Å². The number of hydrogen-bond donors (Lipinski definition) is 1. The lowest BCUT2D eigenvalue weighted by molar-refractivity contribution is 0.454. The van der Waals surface area contributed by atoms with Crippen LogP contribution in [0.3, 0.4) is 0 Å². The molecule has 0 aliphatic rings. The molecule has 3 heteroatoms. The van der Waals surface area contributed by atoms with E-state index >= 15 is 0 Å². The summed E-state index contributed by atoms with van der Waals surface area (Å²) in [6.45, 7) is 7.11. The van der Waals surface area contributed by atoms with Gasteiger partial charge in [0.25, 0.3) is 0 Å². The summed E-state index contributed by atoms with van der Waals surface area (Å²) >= 11 is 0. The average molecular weight is 287 g/mol. The topological polar surface area (TPSA) is 21.3 Å². The van der Waals surface area contributed by atoms with Crippen LogP contribution in [-0.2, 0) is 0 Å². The molecule has 0 aromatic heterocycles. The Kier molecular flexibility index (Phi) is 5.34. The van der Waals surface area contributed by atoms with Gasteiger partial charge in [-0.25, -0.2) is 4.39 Å². The zero-order chi connectivity index (χ0) is 15.2. The molecule has 0 heterocycles. The van der Waals surface area contributed by atoms with E-state index in [1.54, 1.807) is 6.07 Å². The van der Waals surface area contributed by atoms with E-state index in [0.29, 0.717) is 5.75 Å². The Morgan fingerprint density at radius 3 is 2.67 bits per heavy atom. The molecule has 2 nitrogen and oxygen atoms in total. The van der Waals surface area contributed by atoms with Gasteiger partial charge in [0.05, 0.1) is 0 Å². The lowest BCUT2D eigenvalue weighted by Gasteiger charge is -2.18. The maximum atomic E-state index is 13.4. The number of benzene rings is 2. The van der Waals surface area contributed by atoms with Crippen molar-refractivity contribution in [1.82, 2.24) is 5.32 Å². The van der Waals surface area contributed by atoms with E-state index in [2.05, 4.69) is 19.2 Å².